The second-order valence-corrected chi connectivity index (χ2v) is 6.61. The Morgan fingerprint density at radius 1 is 1.53 bits per heavy atom. The molecule has 0 radical (unpaired) electrons. The molecule has 1 aliphatic heterocycles. The van der Waals surface area contributed by atoms with Crippen molar-refractivity contribution in [3.63, 3.8) is 0 Å². The molecule has 1 unspecified atom stereocenters. The predicted molar refractivity (Wildman–Crippen MR) is 71.4 cm³/mol. The second kappa shape index (κ2) is 5.46. The van der Waals surface area contributed by atoms with Gasteiger partial charge in [0.05, 0.1) is 17.3 Å². The molecule has 2 rings (SSSR count). The van der Waals surface area contributed by atoms with Gasteiger partial charge in [-0.15, -0.1) is 11.3 Å². The summed E-state index contributed by atoms with van der Waals surface area (Å²) in [4.78, 5) is 4.67. The summed E-state index contributed by atoms with van der Waals surface area (Å²) in [6.07, 6.45) is 1.19. The molecule has 0 amide bonds. The number of rotatable bonds is 4. The van der Waals surface area contributed by atoms with E-state index in [2.05, 4.69) is 36.5 Å². The highest BCUT2D eigenvalue weighted by Gasteiger charge is 2.18. The Morgan fingerprint density at radius 3 is 2.94 bits per heavy atom. The van der Waals surface area contributed by atoms with Gasteiger partial charge in [-0.05, 0) is 12.3 Å². The maximum Gasteiger partial charge on any atom is 0.0982 e. The van der Waals surface area contributed by atoms with Crippen LogP contribution in [0.15, 0.2) is 5.38 Å². The summed E-state index contributed by atoms with van der Waals surface area (Å²) in [6.45, 7) is 10.4. The lowest BCUT2D eigenvalue weighted by molar-refractivity contribution is 0.185. The highest BCUT2D eigenvalue weighted by molar-refractivity contribution is 7.09. The largest absolute Gasteiger partial charge is 0.381 e. The van der Waals surface area contributed by atoms with Crippen LogP contribution in [-0.2, 0) is 16.7 Å². The van der Waals surface area contributed by atoms with E-state index in [1.807, 2.05) is 0 Å². The Kier molecular flexibility index (Phi) is 4.17. The molecule has 1 atom stereocenters. The lowest BCUT2D eigenvalue weighted by Gasteiger charge is -2.13. The van der Waals surface area contributed by atoms with Gasteiger partial charge in [0.1, 0.15) is 0 Å². The van der Waals surface area contributed by atoms with Crippen LogP contribution in [0.5, 0.6) is 0 Å². The topological polar surface area (TPSA) is 34.2 Å². The molecule has 0 aromatic carbocycles. The monoisotopic (exact) mass is 254 g/mol. The zero-order chi connectivity index (χ0) is 12.3. The molecule has 1 aromatic heterocycles. The minimum atomic E-state index is 0.169. The number of ether oxygens (including phenoxy) is 1. The van der Waals surface area contributed by atoms with Crippen molar-refractivity contribution >= 4 is 11.3 Å². The Balaban J connectivity index is 1.77. The summed E-state index contributed by atoms with van der Waals surface area (Å²) in [5, 5.41) is 6.86. The average Bonchev–Trinajstić information content (AvgIpc) is 2.86. The van der Waals surface area contributed by atoms with Gasteiger partial charge in [-0.25, -0.2) is 4.98 Å². The van der Waals surface area contributed by atoms with E-state index in [1.165, 1.54) is 17.1 Å². The van der Waals surface area contributed by atoms with E-state index < -0.39 is 0 Å². The average molecular weight is 254 g/mol. The van der Waals surface area contributed by atoms with Gasteiger partial charge in [-0.3, -0.25) is 0 Å². The van der Waals surface area contributed by atoms with Crippen LogP contribution >= 0.6 is 11.3 Å². The third kappa shape index (κ3) is 3.76. The van der Waals surface area contributed by atoms with Crippen molar-refractivity contribution < 1.29 is 4.74 Å². The SMILES string of the molecule is CC(C)(C)c1nc(CNCC2CCOC2)cs1. The van der Waals surface area contributed by atoms with Crippen molar-refractivity contribution in [2.24, 2.45) is 5.92 Å². The molecular formula is C13H22N2OS. The molecule has 0 spiro atoms. The van der Waals surface area contributed by atoms with Crippen LogP contribution in [0.25, 0.3) is 0 Å². The Labute approximate surface area is 108 Å². The van der Waals surface area contributed by atoms with E-state index in [1.54, 1.807) is 11.3 Å². The molecule has 1 saturated heterocycles. The van der Waals surface area contributed by atoms with Gasteiger partial charge in [0.15, 0.2) is 0 Å². The molecule has 1 N–H and O–H groups in total. The van der Waals surface area contributed by atoms with Crippen LogP contribution in [0.2, 0.25) is 0 Å². The molecular weight excluding hydrogens is 232 g/mol. The molecule has 1 fully saturated rings. The molecule has 3 nitrogen and oxygen atoms in total. The van der Waals surface area contributed by atoms with Crippen LogP contribution < -0.4 is 5.32 Å². The first kappa shape index (κ1) is 13.0. The van der Waals surface area contributed by atoms with Gasteiger partial charge >= 0.3 is 0 Å². The summed E-state index contributed by atoms with van der Waals surface area (Å²) >= 11 is 1.76. The summed E-state index contributed by atoms with van der Waals surface area (Å²) in [5.74, 6) is 0.690. The zero-order valence-electron chi connectivity index (χ0n) is 11.0. The highest BCUT2D eigenvalue weighted by atomic mass is 32.1. The molecule has 2 heterocycles. The van der Waals surface area contributed by atoms with Crippen molar-refractivity contribution in [1.29, 1.82) is 0 Å². The van der Waals surface area contributed by atoms with Crippen LogP contribution in [0.1, 0.15) is 37.9 Å². The number of nitrogens with zero attached hydrogens (tertiary/aromatic N) is 1. The highest BCUT2D eigenvalue weighted by Crippen LogP contribution is 2.25. The van der Waals surface area contributed by atoms with Crippen LogP contribution in [0, 0.1) is 5.92 Å². The maximum absolute atomic E-state index is 5.36. The first-order valence-electron chi connectivity index (χ1n) is 6.29. The second-order valence-electron chi connectivity index (χ2n) is 5.75. The molecule has 0 saturated carbocycles. The summed E-state index contributed by atoms with van der Waals surface area (Å²) in [6, 6.07) is 0. The van der Waals surface area contributed by atoms with Crippen LogP contribution in [0.4, 0.5) is 0 Å². The normalized spacial score (nSPS) is 21.0. The minimum Gasteiger partial charge on any atom is -0.381 e. The number of aromatic nitrogens is 1. The van der Waals surface area contributed by atoms with Gasteiger partial charge < -0.3 is 10.1 Å². The van der Waals surface area contributed by atoms with Gasteiger partial charge in [0, 0.05) is 30.5 Å². The Hall–Kier alpha value is -0.450. The third-order valence-corrected chi connectivity index (χ3v) is 4.27. The zero-order valence-corrected chi connectivity index (χ0v) is 11.8. The molecule has 96 valence electrons. The van der Waals surface area contributed by atoms with Crippen molar-refractivity contribution in [3.8, 4) is 0 Å². The van der Waals surface area contributed by atoms with Crippen molar-refractivity contribution in [2.45, 2.75) is 39.2 Å². The lowest BCUT2D eigenvalue weighted by Crippen LogP contribution is -2.23. The van der Waals surface area contributed by atoms with Gasteiger partial charge in [0.25, 0.3) is 0 Å². The van der Waals surface area contributed by atoms with Crippen molar-refractivity contribution in [1.82, 2.24) is 10.3 Å². The fraction of sp³-hybridized carbons (Fsp3) is 0.769. The molecule has 0 aliphatic carbocycles. The standard InChI is InChI=1S/C13H22N2OS/c1-13(2,3)12-15-11(9-17-12)7-14-6-10-4-5-16-8-10/h9-10,14H,4-8H2,1-3H3. The van der Waals surface area contributed by atoms with Crippen molar-refractivity contribution in [2.75, 3.05) is 19.8 Å². The minimum absolute atomic E-state index is 0.169. The summed E-state index contributed by atoms with van der Waals surface area (Å²) in [5.41, 5.74) is 1.33. The molecule has 0 bridgehead atoms. The van der Waals surface area contributed by atoms with E-state index in [0.29, 0.717) is 5.92 Å². The Bertz CT molecular complexity index is 351. The quantitative estimate of drug-likeness (QED) is 0.896. The van der Waals surface area contributed by atoms with Crippen molar-refractivity contribution in [3.05, 3.63) is 16.1 Å². The van der Waals surface area contributed by atoms with E-state index in [-0.39, 0.29) is 5.41 Å². The lowest BCUT2D eigenvalue weighted by atomic mass is 9.98. The predicted octanol–water partition coefficient (Wildman–Crippen LogP) is 2.57. The first-order valence-corrected chi connectivity index (χ1v) is 7.17. The molecule has 17 heavy (non-hydrogen) atoms. The summed E-state index contributed by atoms with van der Waals surface area (Å²) in [7, 11) is 0. The fourth-order valence-corrected chi connectivity index (χ4v) is 2.79. The smallest absolute Gasteiger partial charge is 0.0982 e. The summed E-state index contributed by atoms with van der Waals surface area (Å²) < 4.78 is 5.36. The fourth-order valence-electron chi connectivity index (χ4n) is 1.88. The van der Waals surface area contributed by atoms with E-state index in [0.717, 1.165) is 26.3 Å². The van der Waals surface area contributed by atoms with Gasteiger partial charge in [-0.2, -0.15) is 0 Å². The number of nitrogens with one attached hydrogen (secondary N) is 1. The van der Waals surface area contributed by atoms with Crippen LogP contribution in [-0.4, -0.2) is 24.7 Å². The Morgan fingerprint density at radius 2 is 2.35 bits per heavy atom. The van der Waals surface area contributed by atoms with E-state index in [4.69, 9.17) is 4.74 Å². The van der Waals surface area contributed by atoms with E-state index in [9.17, 15) is 0 Å². The molecule has 1 aromatic rings. The molecule has 4 heteroatoms. The maximum atomic E-state index is 5.36. The number of thiazole rings is 1. The number of hydrogen-bond donors (Lipinski definition) is 1. The van der Waals surface area contributed by atoms with Gasteiger partial charge in [-0.1, -0.05) is 20.8 Å². The van der Waals surface area contributed by atoms with Crippen LogP contribution in [0.3, 0.4) is 0 Å². The first-order chi connectivity index (χ1) is 8.05. The molecule has 1 aliphatic rings. The van der Waals surface area contributed by atoms with E-state index >= 15 is 0 Å². The van der Waals surface area contributed by atoms with Gasteiger partial charge in [0.2, 0.25) is 0 Å². The number of hydrogen-bond acceptors (Lipinski definition) is 4. The third-order valence-electron chi connectivity index (χ3n) is 2.96.